The first-order chi connectivity index (χ1) is 10.0. The summed E-state index contributed by atoms with van der Waals surface area (Å²) in [6.45, 7) is 1.53. The number of aliphatic hydroxyl groups excluding tert-OH is 1. The van der Waals surface area contributed by atoms with Crippen LogP contribution in [0, 0.1) is 5.82 Å². The van der Waals surface area contributed by atoms with Crippen LogP contribution in [0.5, 0.6) is 0 Å². The third-order valence-electron chi connectivity index (χ3n) is 2.94. The molecule has 1 heterocycles. The van der Waals surface area contributed by atoms with Crippen LogP contribution in [0.3, 0.4) is 0 Å². The van der Waals surface area contributed by atoms with Crippen LogP contribution in [-0.4, -0.2) is 36.7 Å². The smallest absolute Gasteiger partial charge is 0.313 e. The number of aliphatic hydroxyl groups is 1. The maximum atomic E-state index is 13.0. The van der Waals surface area contributed by atoms with Gasteiger partial charge >= 0.3 is 5.97 Å². The van der Waals surface area contributed by atoms with Gasteiger partial charge in [-0.3, -0.25) is 9.36 Å². The SMILES string of the molecule is CC(c1ccc(F)cc1)n1c(CO)nnc1SCC(=O)O. The van der Waals surface area contributed by atoms with Crippen LogP contribution in [0.4, 0.5) is 4.39 Å². The first kappa shape index (κ1) is 15.5. The van der Waals surface area contributed by atoms with Crippen LogP contribution in [0.25, 0.3) is 0 Å². The second-order valence-electron chi connectivity index (χ2n) is 4.34. The van der Waals surface area contributed by atoms with E-state index < -0.39 is 5.97 Å². The number of thioether (sulfide) groups is 1. The standard InChI is InChI=1S/C13H14FN3O3S/c1-8(9-2-4-10(14)5-3-9)17-11(6-18)15-16-13(17)21-7-12(19)20/h2-5,8,18H,6-7H2,1H3,(H,19,20). The summed E-state index contributed by atoms with van der Waals surface area (Å²) in [5, 5.41) is 26.2. The minimum atomic E-state index is -0.963. The first-order valence-corrected chi connectivity index (χ1v) is 7.16. The fraction of sp³-hybridized carbons (Fsp3) is 0.308. The molecule has 0 aliphatic carbocycles. The molecule has 0 aliphatic rings. The van der Waals surface area contributed by atoms with Gasteiger partial charge in [0.25, 0.3) is 0 Å². The Hall–Kier alpha value is -1.93. The van der Waals surface area contributed by atoms with Crippen molar-refractivity contribution < 1.29 is 19.4 Å². The molecule has 0 saturated heterocycles. The highest BCUT2D eigenvalue weighted by Crippen LogP contribution is 2.26. The van der Waals surface area contributed by atoms with E-state index in [1.54, 1.807) is 16.7 Å². The monoisotopic (exact) mass is 311 g/mol. The van der Waals surface area contributed by atoms with Crippen molar-refractivity contribution in [1.82, 2.24) is 14.8 Å². The zero-order chi connectivity index (χ0) is 15.4. The molecule has 112 valence electrons. The zero-order valence-corrected chi connectivity index (χ0v) is 12.0. The number of aliphatic carboxylic acids is 1. The molecule has 0 aliphatic heterocycles. The van der Waals surface area contributed by atoms with Gasteiger partial charge in [-0.05, 0) is 24.6 Å². The molecule has 1 aromatic heterocycles. The molecule has 0 radical (unpaired) electrons. The van der Waals surface area contributed by atoms with Crippen molar-refractivity contribution in [2.45, 2.75) is 24.7 Å². The Morgan fingerprint density at radius 1 is 1.38 bits per heavy atom. The summed E-state index contributed by atoms with van der Waals surface area (Å²) in [7, 11) is 0. The Kier molecular flexibility index (Phi) is 4.92. The average molecular weight is 311 g/mol. The minimum absolute atomic E-state index is 0.153. The number of carbonyl (C=O) groups is 1. The lowest BCUT2D eigenvalue weighted by atomic mass is 10.1. The predicted octanol–water partition coefficient (Wildman–Crippen LogP) is 1.70. The third-order valence-corrected chi connectivity index (χ3v) is 3.87. The van der Waals surface area contributed by atoms with Crippen molar-refractivity contribution in [3.8, 4) is 0 Å². The van der Waals surface area contributed by atoms with Gasteiger partial charge in [0.1, 0.15) is 12.4 Å². The number of hydrogen-bond acceptors (Lipinski definition) is 5. The van der Waals surface area contributed by atoms with Crippen LogP contribution in [0.15, 0.2) is 29.4 Å². The van der Waals surface area contributed by atoms with E-state index in [0.29, 0.717) is 11.0 Å². The van der Waals surface area contributed by atoms with E-state index in [2.05, 4.69) is 10.2 Å². The predicted molar refractivity (Wildman–Crippen MR) is 74.5 cm³/mol. The maximum absolute atomic E-state index is 13.0. The molecule has 0 bridgehead atoms. The summed E-state index contributed by atoms with van der Waals surface area (Å²) in [4.78, 5) is 10.7. The van der Waals surface area contributed by atoms with Gasteiger partial charge in [-0.2, -0.15) is 0 Å². The number of nitrogens with zero attached hydrogens (tertiary/aromatic N) is 3. The average Bonchev–Trinajstić information content (AvgIpc) is 2.88. The van der Waals surface area contributed by atoms with E-state index in [4.69, 9.17) is 5.11 Å². The molecule has 0 fully saturated rings. The highest BCUT2D eigenvalue weighted by atomic mass is 32.2. The van der Waals surface area contributed by atoms with Gasteiger partial charge in [-0.1, -0.05) is 23.9 Å². The largest absolute Gasteiger partial charge is 0.481 e. The number of aromatic nitrogens is 3. The third kappa shape index (κ3) is 3.59. The van der Waals surface area contributed by atoms with Gasteiger partial charge < -0.3 is 10.2 Å². The Morgan fingerprint density at radius 3 is 2.62 bits per heavy atom. The molecule has 2 rings (SSSR count). The highest BCUT2D eigenvalue weighted by molar-refractivity contribution is 7.99. The van der Waals surface area contributed by atoms with E-state index in [1.807, 2.05) is 6.92 Å². The van der Waals surface area contributed by atoms with Crippen LogP contribution < -0.4 is 0 Å². The fourth-order valence-electron chi connectivity index (χ4n) is 1.92. The van der Waals surface area contributed by atoms with E-state index in [0.717, 1.165) is 17.3 Å². The lowest BCUT2D eigenvalue weighted by Gasteiger charge is -2.17. The number of carboxylic acid groups (broad SMARTS) is 1. The minimum Gasteiger partial charge on any atom is -0.481 e. The Labute approximate surface area is 124 Å². The number of halogens is 1. The molecule has 0 spiro atoms. The van der Waals surface area contributed by atoms with Crippen molar-refractivity contribution in [2.24, 2.45) is 0 Å². The molecular weight excluding hydrogens is 297 g/mol. The normalized spacial score (nSPS) is 12.3. The van der Waals surface area contributed by atoms with Gasteiger partial charge in [-0.25, -0.2) is 4.39 Å². The van der Waals surface area contributed by atoms with E-state index in [9.17, 15) is 14.3 Å². The van der Waals surface area contributed by atoms with E-state index in [1.165, 1.54) is 12.1 Å². The molecular formula is C13H14FN3O3S. The lowest BCUT2D eigenvalue weighted by molar-refractivity contribution is -0.133. The van der Waals surface area contributed by atoms with Gasteiger partial charge in [-0.15, -0.1) is 10.2 Å². The van der Waals surface area contributed by atoms with E-state index >= 15 is 0 Å². The molecule has 6 nitrogen and oxygen atoms in total. The van der Waals surface area contributed by atoms with Crippen LogP contribution >= 0.6 is 11.8 Å². The molecule has 2 N–H and O–H groups in total. The summed E-state index contributed by atoms with van der Waals surface area (Å²) in [6.07, 6.45) is 0. The Balaban J connectivity index is 2.33. The molecule has 8 heteroatoms. The quantitative estimate of drug-likeness (QED) is 0.789. The number of benzene rings is 1. The Bertz CT molecular complexity index is 630. The topological polar surface area (TPSA) is 88.2 Å². The zero-order valence-electron chi connectivity index (χ0n) is 11.2. The molecule has 0 amide bonds. The van der Waals surface area contributed by atoms with Gasteiger partial charge in [0.15, 0.2) is 11.0 Å². The number of rotatable bonds is 6. The van der Waals surface area contributed by atoms with Crippen LogP contribution in [-0.2, 0) is 11.4 Å². The molecule has 21 heavy (non-hydrogen) atoms. The van der Waals surface area contributed by atoms with Crippen molar-refractivity contribution in [3.05, 3.63) is 41.5 Å². The van der Waals surface area contributed by atoms with Crippen molar-refractivity contribution in [3.63, 3.8) is 0 Å². The number of carboxylic acids is 1. The van der Waals surface area contributed by atoms with Crippen molar-refractivity contribution in [2.75, 3.05) is 5.75 Å². The molecule has 1 atom stereocenters. The van der Waals surface area contributed by atoms with Gasteiger partial charge in [0.2, 0.25) is 0 Å². The summed E-state index contributed by atoms with van der Waals surface area (Å²) in [5.41, 5.74) is 0.808. The summed E-state index contributed by atoms with van der Waals surface area (Å²) in [6, 6.07) is 5.70. The first-order valence-electron chi connectivity index (χ1n) is 6.17. The van der Waals surface area contributed by atoms with Crippen LogP contribution in [0.2, 0.25) is 0 Å². The van der Waals surface area contributed by atoms with E-state index in [-0.39, 0.29) is 24.2 Å². The Morgan fingerprint density at radius 2 is 2.05 bits per heavy atom. The molecule has 1 aromatic carbocycles. The molecule has 2 aromatic rings. The van der Waals surface area contributed by atoms with Gasteiger partial charge in [0, 0.05) is 0 Å². The summed E-state index contributed by atoms with van der Waals surface area (Å²) < 4.78 is 14.6. The number of hydrogen-bond donors (Lipinski definition) is 2. The maximum Gasteiger partial charge on any atom is 0.313 e. The summed E-state index contributed by atoms with van der Waals surface area (Å²) >= 11 is 1.02. The lowest BCUT2D eigenvalue weighted by Crippen LogP contribution is -2.13. The second-order valence-corrected chi connectivity index (χ2v) is 5.28. The van der Waals surface area contributed by atoms with Gasteiger partial charge in [0.05, 0.1) is 11.8 Å². The van der Waals surface area contributed by atoms with Crippen molar-refractivity contribution in [1.29, 1.82) is 0 Å². The fourth-order valence-corrected chi connectivity index (χ4v) is 2.67. The van der Waals surface area contributed by atoms with Crippen molar-refractivity contribution >= 4 is 17.7 Å². The summed E-state index contributed by atoms with van der Waals surface area (Å²) in [5.74, 6) is -1.12. The molecule has 0 saturated carbocycles. The second kappa shape index (κ2) is 6.68. The van der Waals surface area contributed by atoms with Crippen LogP contribution in [0.1, 0.15) is 24.4 Å². The molecule has 1 unspecified atom stereocenters. The highest BCUT2D eigenvalue weighted by Gasteiger charge is 2.19.